The van der Waals surface area contributed by atoms with E-state index in [2.05, 4.69) is 5.32 Å². The van der Waals surface area contributed by atoms with Gasteiger partial charge in [0.2, 0.25) is 0 Å². The topological polar surface area (TPSA) is 38.3 Å². The summed E-state index contributed by atoms with van der Waals surface area (Å²) in [7, 11) is 1.88. The van der Waals surface area contributed by atoms with E-state index in [1.165, 1.54) is 6.92 Å². The minimum atomic E-state index is -0.248. The Hall–Kier alpha value is -1.51. The van der Waals surface area contributed by atoms with Crippen LogP contribution in [0.2, 0.25) is 0 Å². The van der Waals surface area contributed by atoms with E-state index < -0.39 is 0 Å². The molecule has 0 unspecified atom stereocenters. The van der Waals surface area contributed by atoms with Crippen LogP contribution in [0.15, 0.2) is 18.2 Å². The van der Waals surface area contributed by atoms with E-state index in [0.717, 1.165) is 16.8 Å². The fourth-order valence-corrected chi connectivity index (χ4v) is 1.19. The lowest BCUT2D eigenvalue weighted by Crippen LogP contribution is -2.01. The molecule has 0 aromatic heterocycles. The maximum Gasteiger partial charge on any atom is 0.302 e. The molecule has 0 fully saturated rings. The summed E-state index contributed by atoms with van der Waals surface area (Å²) in [5, 5.41) is 3.05. The summed E-state index contributed by atoms with van der Waals surface area (Å²) in [6.45, 7) is 3.77. The van der Waals surface area contributed by atoms with Crippen molar-refractivity contribution >= 4 is 11.7 Å². The molecule has 0 saturated heterocycles. The summed E-state index contributed by atoms with van der Waals surface area (Å²) in [6.07, 6.45) is 0. The van der Waals surface area contributed by atoms with Crippen LogP contribution in [-0.4, -0.2) is 13.0 Å². The van der Waals surface area contributed by atoms with E-state index >= 15 is 0 Å². The van der Waals surface area contributed by atoms with Crippen LogP contribution in [-0.2, 0) is 16.1 Å². The maximum atomic E-state index is 10.6. The molecule has 0 saturated carbocycles. The first-order valence-electron chi connectivity index (χ1n) is 4.54. The third kappa shape index (κ3) is 2.76. The summed E-state index contributed by atoms with van der Waals surface area (Å²) in [6, 6.07) is 5.95. The van der Waals surface area contributed by atoms with E-state index in [1.807, 2.05) is 32.2 Å². The minimum absolute atomic E-state index is 0.248. The van der Waals surface area contributed by atoms with Crippen molar-refractivity contribution < 1.29 is 9.53 Å². The molecule has 1 aromatic carbocycles. The number of hydrogen-bond donors (Lipinski definition) is 1. The second kappa shape index (κ2) is 4.65. The van der Waals surface area contributed by atoms with Crippen molar-refractivity contribution in [3.05, 3.63) is 29.3 Å². The van der Waals surface area contributed by atoms with Crippen LogP contribution in [0.25, 0.3) is 0 Å². The largest absolute Gasteiger partial charge is 0.461 e. The van der Waals surface area contributed by atoms with Crippen LogP contribution >= 0.6 is 0 Å². The van der Waals surface area contributed by atoms with Crippen LogP contribution in [0.1, 0.15) is 18.1 Å². The Morgan fingerprint density at radius 1 is 1.50 bits per heavy atom. The van der Waals surface area contributed by atoms with Gasteiger partial charge in [0.15, 0.2) is 0 Å². The second-order valence-corrected chi connectivity index (χ2v) is 3.17. The Morgan fingerprint density at radius 3 is 2.71 bits per heavy atom. The zero-order valence-corrected chi connectivity index (χ0v) is 8.76. The minimum Gasteiger partial charge on any atom is -0.461 e. The fourth-order valence-electron chi connectivity index (χ4n) is 1.19. The molecule has 0 atom stereocenters. The van der Waals surface area contributed by atoms with Gasteiger partial charge in [-0.1, -0.05) is 6.07 Å². The number of carbonyl (C=O) groups excluding carboxylic acids is 1. The van der Waals surface area contributed by atoms with E-state index in [4.69, 9.17) is 4.74 Å². The van der Waals surface area contributed by atoms with Gasteiger partial charge in [-0.25, -0.2) is 0 Å². The van der Waals surface area contributed by atoms with Crippen molar-refractivity contribution in [2.75, 3.05) is 12.4 Å². The normalized spacial score (nSPS) is 9.64. The Kier molecular flexibility index (Phi) is 3.51. The van der Waals surface area contributed by atoms with Crippen molar-refractivity contribution in [1.82, 2.24) is 0 Å². The van der Waals surface area contributed by atoms with E-state index in [0.29, 0.717) is 6.61 Å². The molecule has 0 amide bonds. The maximum absolute atomic E-state index is 10.6. The summed E-state index contributed by atoms with van der Waals surface area (Å²) >= 11 is 0. The molecule has 0 heterocycles. The van der Waals surface area contributed by atoms with E-state index in [1.54, 1.807) is 0 Å². The van der Waals surface area contributed by atoms with Crippen LogP contribution < -0.4 is 5.32 Å². The lowest BCUT2D eigenvalue weighted by atomic mass is 10.1. The number of carbonyl (C=O) groups is 1. The number of anilines is 1. The van der Waals surface area contributed by atoms with Crippen molar-refractivity contribution in [2.24, 2.45) is 0 Å². The lowest BCUT2D eigenvalue weighted by Gasteiger charge is -2.08. The monoisotopic (exact) mass is 193 g/mol. The average molecular weight is 193 g/mol. The highest BCUT2D eigenvalue weighted by molar-refractivity contribution is 5.66. The molecule has 3 heteroatoms. The first-order chi connectivity index (χ1) is 6.63. The van der Waals surface area contributed by atoms with Crippen molar-refractivity contribution in [3.63, 3.8) is 0 Å². The van der Waals surface area contributed by atoms with Gasteiger partial charge in [0, 0.05) is 19.7 Å². The quantitative estimate of drug-likeness (QED) is 0.747. The third-order valence-electron chi connectivity index (χ3n) is 2.06. The molecular weight excluding hydrogens is 178 g/mol. The number of rotatable bonds is 3. The first-order valence-corrected chi connectivity index (χ1v) is 4.54. The summed E-state index contributed by atoms with van der Waals surface area (Å²) < 4.78 is 4.92. The standard InChI is InChI=1S/C11H15NO2/c1-8-6-11(12-3)5-4-10(8)7-14-9(2)13/h4-6,12H,7H2,1-3H3. The molecule has 76 valence electrons. The zero-order valence-electron chi connectivity index (χ0n) is 8.76. The fraction of sp³-hybridized carbons (Fsp3) is 0.364. The van der Waals surface area contributed by atoms with Gasteiger partial charge in [-0.15, -0.1) is 0 Å². The van der Waals surface area contributed by atoms with E-state index in [-0.39, 0.29) is 5.97 Å². The molecule has 0 spiro atoms. The van der Waals surface area contributed by atoms with Gasteiger partial charge in [0.05, 0.1) is 0 Å². The number of esters is 1. The smallest absolute Gasteiger partial charge is 0.302 e. The SMILES string of the molecule is CNc1ccc(COC(C)=O)c(C)c1. The Labute approximate surface area is 84.1 Å². The molecule has 3 nitrogen and oxygen atoms in total. The van der Waals surface area contributed by atoms with Crippen LogP contribution in [0.3, 0.4) is 0 Å². The van der Waals surface area contributed by atoms with Gasteiger partial charge in [-0.3, -0.25) is 4.79 Å². The summed E-state index contributed by atoms with van der Waals surface area (Å²) in [4.78, 5) is 10.6. The van der Waals surface area contributed by atoms with Gasteiger partial charge in [-0.05, 0) is 30.2 Å². The van der Waals surface area contributed by atoms with Crippen molar-refractivity contribution in [2.45, 2.75) is 20.5 Å². The van der Waals surface area contributed by atoms with Crippen LogP contribution in [0.4, 0.5) is 5.69 Å². The molecule has 0 bridgehead atoms. The van der Waals surface area contributed by atoms with Gasteiger partial charge < -0.3 is 10.1 Å². The van der Waals surface area contributed by atoms with Crippen LogP contribution in [0, 0.1) is 6.92 Å². The van der Waals surface area contributed by atoms with Gasteiger partial charge in [-0.2, -0.15) is 0 Å². The molecule has 1 rings (SSSR count). The Balaban J connectivity index is 2.73. The molecular formula is C11H15NO2. The van der Waals surface area contributed by atoms with Gasteiger partial charge in [0.25, 0.3) is 0 Å². The number of nitrogens with one attached hydrogen (secondary N) is 1. The summed E-state index contributed by atoms with van der Waals surface area (Å²) in [5.41, 5.74) is 3.23. The molecule has 0 aliphatic rings. The lowest BCUT2D eigenvalue weighted by molar-refractivity contribution is -0.142. The predicted octanol–water partition coefficient (Wildman–Crippen LogP) is 2.10. The van der Waals surface area contributed by atoms with Gasteiger partial charge >= 0.3 is 5.97 Å². The van der Waals surface area contributed by atoms with Crippen molar-refractivity contribution in [3.8, 4) is 0 Å². The Morgan fingerprint density at radius 2 is 2.21 bits per heavy atom. The average Bonchev–Trinajstić information content (AvgIpc) is 2.15. The molecule has 1 aromatic rings. The number of benzene rings is 1. The van der Waals surface area contributed by atoms with Crippen LogP contribution in [0.5, 0.6) is 0 Å². The number of ether oxygens (including phenoxy) is 1. The highest BCUT2D eigenvalue weighted by Gasteiger charge is 2.01. The molecule has 0 aliphatic carbocycles. The first kappa shape index (κ1) is 10.6. The molecule has 0 radical (unpaired) electrons. The zero-order chi connectivity index (χ0) is 10.6. The van der Waals surface area contributed by atoms with Crippen molar-refractivity contribution in [1.29, 1.82) is 0 Å². The number of hydrogen-bond acceptors (Lipinski definition) is 3. The van der Waals surface area contributed by atoms with E-state index in [9.17, 15) is 4.79 Å². The highest BCUT2D eigenvalue weighted by Crippen LogP contribution is 2.15. The number of aryl methyl sites for hydroxylation is 1. The molecule has 14 heavy (non-hydrogen) atoms. The second-order valence-electron chi connectivity index (χ2n) is 3.17. The predicted molar refractivity (Wildman–Crippen MR) is 56.2 cm³/mol. The van der Waals surface area contributed by atoms with Gasteiger partial charge in [0.1, 0.15) is 6.61 Å². The third-order valence-corrected chi connectivity index (χ3v) is 2.06. The molecule has 0 aliphatic heterocycles. The Bertz CT molecular complexity index is 334. The summed E-state index contributed by atoms with van der Waals surface area (Å²) in [5.74, 6) is -0.248. The highest BCUT2D eigenvalue weighted by atomic mass is 16.5. The molecule has 1 N–H and O–H groups in total.